The van der Waals surface area contributed by atoms with Gasteiger partial charge in [0.15, 0.2) is 0 Å². The average molecular weight is 248 g/mol. The van der Waals surface area contributed by atoms with E-state index in [4.69, 9.17) is 0 Å². The zero-order valence-corrected chi connectivity index (χ0v) is 10.6. The van der Waals surface area contributed by atoms with Crippen molar-refractivity contribution in [2.75, 3.05) is 6.54 Å². The van der Waals surface area contributed by atoms with Gasteiger partial charge in [-0.05, 0) is 18.4 Å². The number of aromatic nitrogens is 1. The van der Waals surface area contributed by atoms with Crippen LogP contribution in [0.5, 0.6) is 5.75 Å². The van der Waals surface area contributed by atoms with Crippen molar-refractivity contribution in [1.29, 1.82) is 0 Å². The summed E-state index contributed by atoms with van der Waals surface area (Å²) in [4.78, 5) is 15.6. The number of pyridine rings is 1. The summed E-state index contributed by atoms with van der Waals surface area (Å²) in [6, 6.07) is 1.53. The zero-order valence-electron chi connectivity index (χ0n) is 10.6. The Morgan fingerprint density at radius 1 is 1.39 bits per heavy atom. The number of aromatic hydroxyl groups is 1. The van der Waals surface area contributed by atoms with Crippen LogP contribution < -0.4 is 5.32 Å². The Morgan fingerprint density at radius 3 is 2.89 bits per heavy atom. The summed E-state index contributed by atoms with van der Waals surface area (Å²) < 4.78 is 0. The fraction of sp³-hybridized carbons (Fsp3) is 0.571. The Hall–Kier alpha value is -1.58. The van der Waals surface area contributed by atoms with Crippen LogP contribution in [0.1, 0.15) is 48.9 Å². The van der Waals surface area contributed by atoms with Gasteiger partial charge in [-0.1, -0.05) is 32.1 Å². The maximum absolute atomic E-state index is 11.8. The molecule has 4 heteroatoms. The second-order valence-corrected chi connectivity index (χ2v) is 4.94. The van der Waals surface area contributed by atoms with Crippen LogP contribution in [0.15, 0.2) is 18.5 Å². The fourth-order valence-electron chi connectivity index (χ4n) is 2.54. The van der Waals surface area contributed by atoms with E-state index in [1.807, 2.05) is 0 Å². The van der Waals surface area contributed by atoms with Gasteiger partial charge in [0.1, 0.15) is 5.75 Å². The predicted molar refractivity (Wildman–Crippen MR) is 69.4 cm³/mol. The molecule has 1 saturated carbocycles. The van der Waals surface area contributed by atoms with Crippen LogP contribution in [0.3, 0.4) is 0 Å². The van der Waals surface area contributed by atoms with E-state index in [1.165, 1.54) is 50.6 Å². The van der Waals surface area contributed by atoms with E-state index in [2.05, 4.69) is 10.3 Å². The molecule has 4 nitrogen and oxygen atoms in total. The van der Waals surface area contributed by atoms with Crippen LogP contribution in [0.4, 0.5) is 0 Å². The molecule has 1 amide bonds. The first kappa shape index (κ1) is 12.9. The van der Waals surface area contributed by atoms with E-state index >= 15 is 0 Å². The van der Waals surface area contributed by atoms with Crippen LogP contribution in [0.25, 0.3) is 0 Å². The molecule has 1 aliphatic carbocycles. The topological polar surface area (TPSA) is 62.2 Å². The number of hydrogen-bond acceptors (Lipinski definition) is 3. The minimum Gasteiger partial charge on any atom is -0.505 e. The molecular formula is C14H20N2O2. The lowest BCUT2D eigenvalue weighted by molar-refractivity contribution is 0.0947. The van der Waals surface area contributed by atoms with Crippen molar-refractivity contribution in [3.05, 3.63) is 24.0 Å². The van der Waals surface area contributed by atoms with Gasteiger partial charge in [0.05, 0.1) is 11.8 Å². The monoisotopic (exact) mass is 248 g/mol. The molecule has 0 saturated heterocycles. The molecule has 98 valence electrons. The number of hydrogen-bond donors (Lipinski definition) is 2. The van der Waals surface area contributed by atoms with Crippen molar-refractivity contribution in [3.63, 3.8) is 0 Å². The molecule has 0 spiro atoms. The molecular weight excluding hydrogens is 228 g/mol. The van der Waals surface area contributed by atoms with Gasteiger partial charge in [0, 0.05) is 12.7 Å². The largest absolute Gasteiger partial charge is 0.505 e. The zero-order chi connectivity index (χ0) is 12.8. The lowest BCUT2D eigenvalue weighted by Crippen LogP contribution is -2.26. The lowest BCUT2D eigenvalue weighted by atomic mass is 9.87. The third-order valence-corrected chi connectivity index (χ3v) is 3.61. The van der Waals surface area contributed by atoms with E-state index < -0.39 is 0 Å². The van der Waals surface area contributed by atoms with Crippen molar-refractivity contribution < 1.29 is 9.90 Å². The Morgan fingerprint density at radius 2 is 2.17 bits per heavy atom. The highest BCUT2D eigenvalue weighted by Crippen LogP contribution is 2.25. The lowest BCUT2D eigenvalue weighted by Gasteiger charge is -2.21. The third kappa shape index (κ3) is 3.45. The molecule has 2 rings (SSSR count). The number of nitrogens with zero attached hydrogens (tertiary/aromatic N) is 1. The smallest absolute Gasteiger partial charge is 0.255 e. The van der Waals surface area contributed by atoms with Gasteiger partial charge in [0.2, 0.25) is 0 Å². The van der Waals surface area contributed by atoms with Gasteiger partial charge < -0.3 is 10.4 Å². The third-order valence-electron chi connectivity index (χ3n) is 3.61. The molecule has 1 fully saturated rings. The van der Waals surface area contributed by atoms with Crippen LogP contribution in [-0.2, 0) is 0 Å². The van der Waals surface area contributed by atoms with Gasteiger partial charge in [-0.2, -0.15) is 0 Å². The van der Waals surface area contributed by atoms with Gasteiger partial charge in [-0.15, -0.1) is 0 Å². The molecule has 0 aromatic carbocycles. The summed E-state index contributed by atoms with van der Waals surface area (Å²) in [5.74, 6) is 0.475. The maximum Gasteiger partial charge on any atom is 0.255 e. The SMILES string of the molecule is O=C(NCCC1CCCCC1)c1ccncc1O. The van der Waals surface area contributed by atoms with Crippen molar-refractivity contribution in [2.45, 2.75) is 38.5 Å². The number of carbonyl (C=O) groups excluding carboxylic acids is 1. The summed E-state index contributed by atoms with van der Waals surface area (Å²) in [5.41, 5.74) is 0.300. The second kappa shape index (κ2) is 6.38. The molecule has 0 unspecified atom stereocenters. The van der Waals surface area contributed by atoms with E-state index in [0.29, 0.717) is 12.1 Å². The second-order valence-electron chi connectivity index (χ2n) is 4.94. The van der Waals surface area contributed by atoms with Crippen LogP contribution in [0.2, 0.25) is 0 Å². The van der Waals surface area contributed by atoms with Crippen molar-refractivity contribution >= 4 is 5.91 Å². The van der Waals surface area contributed by atoms with Crippen LogP contribution in [-0.4, -0.2) is 22.5 Å². The first-order valence-electron chi connectivity index (χ1n) is 6.68. The summed E-state index contributed by atoms with van der Waals surface area (Å²) in [5, 5.41) is 12.4. The normalized spacial score (nSPS) is 16.4. The van der Waals surface area contributed by atoms with E-state index in [-0.39, 0.29) is 11.7 Å². The minimum atomic E-state index is -0.217. The Kier molecular flexibility index (Phi) is 4.56. The minimum absolute atomic E-state index is 0.0623. The van der Waals surface area contributed by atoms with E-state index in [1.54, 1.807) is 0 Å². The molecule has 0 atom stereocenters. The van der Waals surface area contributed by atoms with Crippen molar-refractivity contribution in [1.82, 2.24) is 10.3 Å². The quantitative estimate of drug-likeness (QED) is 0.860. The van der Waals surface area contributed by atoms with Gasteiger partial charge in [0.25, 0.3) is 5.91 Å². The highest BCUT2D eigenvalue weighted by molar-refractivity contribution is 5.96. The molecule has 0 bridgehead atoms. The van der Waals surface area contributed by atoms with Crippen LogP contribution in [0, 0.1) is 5.92 Å². The fourth-order valence-corrected chi connectivity index (χ4v) is 2.54. The van der Waals surface area contributed by atoms with Crippen LogP contribution >= 0.6 is 0 Å². The number of carbonyl (C=O) groups is 1. The standard InChI is InChI=1S/C14H20N2O2/c17-13-10-15-8-7-12(13)14(18)16-9-6-11-4-2-1-3-5-11/h7-8,10-11,17H,1-6,9H2,(H,16,18). The molecule has 0 radical (unpaired) electrons. The van der Waals surface area contributed by atoms with Crippen molar-refractivity contribution in [3.8, 4) is 5.75 Å². The predicted octanol–water partition coefficient (Wildman–Crippen LogP) is 2.49. The molecule has 0 aliphatic heterocycles. The summed E-state index contributed by atoms with van der Waals surface area (Å²) >= 11 is 0. The highest BCUT2D eigenvalue weighted by Gasteiger charge is 2.14. The molecule has 18 heavy (non-hydrogen) atoms. The summed E-state index contributed by atoms with van der Waals surface area (Å²) in [6.45, 7) is 0.686. The molecule has 1 aromatic heterocycles. The molecule has 1 aliphatic rings. The average Bonchev–Trinajstić information content (AvgIpc) is 2.40. The maximum atomic E-state index is 11.8. The van der Waals surface area contributed by atoms with Gasteiger partial charge in [-0.3, -0.25) is 9.78 Å². The van der Waals surface area contributed by atoms with E-state index in [0.717, 1.165) is 12.3 Å². The Balaban J connectivity index is 1.76. The molecule has 1 heterocycles. The Bertz CT molecular complexity index is 401. The molecule has 1 aromatic rings. The summed E-state index contributed by atoms with van der Waals surface area (Å²) in [7, 11) is 0. The van der Waals surface area contributed by atoms with Gasteiger partial charge >= 0.3 is 0 Å². The molecule has 2 N–H and O–H groups in total. The number of amides is 1. The summed E-state index contributed by atoms with van der Waals surface area (Å²) in [6.07, 6.45) is 10.4. The van der Waals surface area contributed by atoms with Gasteiger partial charge in [-0.25, -0.2) is 0 Å². The Labute approximate surface area is 107 Å². The van der Waals surface area contributed by atoms with Crippen molar-refractivity contribution in [2.24, 2.45) is 5.92 Å². The highest BCUT2D eigenvalue weighted by atomic mass is 16.3. The first-order chi connectivity index (χ1) is 8.77. The first-order valence-corrected chi connectivity index (χ1v) is 6.68. The number of rotatable bonds is 4. The number of nitrogens with one attached hydrogen (secondary N) is 1. The van der Waals surface area contributed by atoms with E-state index in [9.17, 15) is 9.90 Å².